The maximum absolute atomic E-state index is 12.5. The zero-order chi connectivity index (χ0) is 16.0. The number of carbonyl (C=O) groups is 2. The summed E-state index contributed by atoms with van der Waals surface area (Å²) in [6, 6.07) is 5.09. The van der Waals surface area contributed by atoms with Crippen LogP contribution in [0.5, 0.6) is 11.5 Å². The molecule has 0 radical (unpaired) electrons. The first-order valence-electron chi connectivity index (χ1n) is 7.40. The van der Waals surface area contributed by atoms with E-state index >= 15 is 0 Å². The molecule has 1 saturated heterocycles. The number of hydrogen-bond acceptors (Lipinski definition) is 5. The summed E-state index contributed by atoms with van der Waals surface area (Å²) < 4.78 is 16.4. The molecule has 3 aliphatic rings. The molecule has 4 atom stereocenters. The van der Waals surface area contributed by atoms with E-state index in [1.165, 1.54) is 0 Å². The van der Waals surface area contributed by atoms with Crippen molar-refractivity contribution in [1.82, 2.24) is 0 Å². The van der Waals surface area contributed by atoms with E-state index < -0.39 is 30.0 Å². The molecule has 0 aliphatic carbocycles. The number of carboxylic acid groups (broad SMARTS) is 1. The van der Waals surface area contributed by atoms with Crippen LogP contribution in [0, 0.1) is 11.8 Å². The highest BCUT2D eigenvalue weighted by Gasteiger charge is 2.53. The minimum absolute atomic E-state index is 0.370. The molecular weight excluding hydrogens is 302 g/mol. The Labute approximate surface area is 131 Å². The summed E-state index contributed by atoms with van der Waals surface area (Å²) in [5.41, 5.74) is 0.537. The fourth-order valence-electron chi connectivity index (χ4n) is 3.26. The number of anilines is 1. The third-order valence-corrected chi connectivity index (χ3v) is 4.30. The quantitative estimate of drug-likeness (QED) is 0.809. The van der Waals surface area contributed by atoms with Gasteiger partial charge in [0.25, 0.3) is 0 Å². The fraction of sp³-hybridized carbons (Fsp3) is 0.375. The van der Waals surface area contributed by atoms with Crippen LogP contribution in [0.2, 0.25) is 0 Å². The van der Waals surface area contributed by atoms with Gasteiger partial charge in [-0.05, 0) is 12.1 Å². The van der Waals surface area contributed by atoms with Crippen LogP contribution < -0.4 is 14.8 Å². The average molecular weight is 317 g/mol. The Morgan fingerprint density at radius 1 is 1.04 bits per heavy atom. The van der Waals surface area contributed by atoms with Crippen molar-refractivity contribution in [2.24, 2.45) is 11.8 Å². The van der Waals surface area contributed by atoms with Crippen molar-refractivity contribution in [3.63, 3.8) is 0 Å². The average Bonchev–Trinajstić information content (AvgIpc) is 3.15. The Morgan fingerprint density at radius 2 is 1.74 bits per heavy atom. The lowest BCUT2D eigenvalue weighted by Crippen LogP contribution is -2.39. The predicted molar refractivity (Wildman–Crippen MR) is 78.5 cm³/mol. The minimum atomic E-state index is -1.02. The van der Waals surface area contributed by atoms with E-state index in [0.29, 0.717) is 30.4 Å². The summed E-state index contributed by atoms with van der Waals surface area (Å²) >= 11 is 0. The van der Waals surface area contributed by atoms with Gasteiger partial charge in [0.1, 0.15) is 19.1 Å². The molecule has 3 aliphatic heterocycles. The number of nitrogens with one attached hydrogen (secondary N) is 1. The van der Waals surface area contributed by atoms with Crippen LogP contribution in [-0.2, 0) is 14.3 Å². The topological polar surface area (TPSA) is 94.1 Å². The van der Waals surface area contributed by atoms with Gasteiger partial charge in [0.05, 0.1) is 18.1 Å². The largest absolute Gasteiger partial charge is 0.486 e. The second kappa shape index (κ2) is 5.27. The van der Waals surface area contributed by atoms with Crippen LogP contribution >= 0.6 is 0 Å². The smallest absolute Gasteiger partial charge is 0.310 e. The number of rotatable bonds is 3. The SMILES string of the molecule is O=C(O)[C@@H]1[C@H](C(=O)Nc2ccc3c(c2)OCCO3)[C@H]2C=C[C@@H]1O2. The minimum Gasteiger partial charge on any atom is -0.486 e. The summed E-state index contributed by atoms with van der Waals surface area (Å²) in [5.74, 6) is -1.80. The summed E-state index contributed by atoms with van der Waals surface area (Å²) in [6.45, 7) is 0.949. The molecule has 2 N–H and O–H groups in total. The van der Waals surface area contributed by atoms with Gasteiger partial charge in [0.15, 0.2) is 11.5 Å². The number of aliphatic carboxylic acids is 1. The number of amides is 1. The molecule has 4 rings (SSSR count). The maximum atomic E-state index is 12.5. The molecule has 120 valence electrons. The summed E-state index contributed by atoms with van der Waals surface area (Å²) in [5, 5.41) is 12.1. The molecule has 0 aromatic heterocycles. The van der Waals surface area contributed by atoms with Crippen molar-refractivity contribution in [2.45, 2.75) is 12.2 Å². The van der Waals surface area contributed by atoms with Gasteiger partial charge in [-0.1, -0.05) is 12.2 Å². The molecule has 1 aromatic carbocycles. The third kappa shape index (κ3) is 2.33. The maximum Gasteiger partial charge on any atom is 0.310 e. The Balaban J connectivity index is 1.54. The molecule has 0 spiro atoms. The molecule has 1 fully saturated rings. The van der Waals surface area contributed by atoms with Gasteiger partial charge < -0.3 is 24.6 Å². The van der Waals surface area contributed by atoms with Gasteiger partial charge in [0.2, 0.25) is 5.91 Å². The van der Waals surface area contributed by atoms with Gasteiger partial charge in [-0.3, -0.25) is 9.59 Å². The number of benzene rings is 1. The first-order valence-corrected chi connectivity index (χ1v) is 7.40. The van der Waals surface area contributed by atoms with Crippen molar-refractivity contribution in [1.29, 1.82) is 0 Å². The standard InChI is InChI=1S/C16H15NO6/c18-15(13-10-3-4-11(23-10)14(13)16(19)20)17-8-1-2-9-12(7-8)22-6-5-21-9/h1-4,7,10-11,13-14H,5-6H2,(H,17,18)(H,19,20)/t10-,11+,13-,14+/m1/s1. The van der Waals surface area contributed by atoms with Crippen molar-refractivity contribution < 1.29 is 28.9 Å². The second-order valence-electron chi connectivity index (χ2n) is 5.69. The highest BCUT2D eigenvalue weighted by molar-refractivity contribution is 5.96. The van der Waals surface area contributed by atoms with E-state index in [-0.39, 0.29) is 5.91 Å². The number of hydrogen-bond donors (Lipinski definition) is 2. The Bertz CT molecular complexity index is 700. The van der Waals surface area contributed by atoms with Crippen LogP contribution in [0.15, 0.2) is 30.4 Å². The van der Waals surface area contributed by atoms with Gasteiger partial charge in [-0.25, -0.2) is 0 Å². The monoisotopic (exact) mass is 317 g/mol. The van der Waals surface area contributed by atoms with E-state index in [1.807, 2.05) is 0 Å². The van der Waals surface area contributed by atoms with Gasteiger partial charge >= 0.3 is 5.97 Å². The zero-order valence-electron chi connectivity index (χ0n) is 12.1. The van der Waals surface area contributed by atoms with E-state index in [9.17, 15) is 14.7 Å². The van der Waals surface area contributed by atoms with Crippen LogP contribution in [0.1, 0.15) is 0 Å². The van der Waals surface area contributed by atoms with Gasteiger partial charge in [-0.15, -0.1) is 0 Å². The first kappa shape index (κ1) is 14.1. The first-order chi connectivity index (χ1) is 11.1. The molecule has 1 amide bonds. The Morgan fingerprint density at radius 3 is 2.48 bits per heavy atom. The molecule has 7 nitrogen and oxygen atoms in total. The third-order valence-electron chi connectivity index (χ3n) is 4.30. The molecule has 7 heteroatoms. The van der Waals surface area contributed by atoms with E-state index in [2.05, 4.69) is 5.32 Å². The van der Waals surface area contributed by atoms with Crippen LogP contribution in [0.4, 0.5) is 5.69 Å². The fourth-order valence-corrected chi connectivity index (χ4v) is 3.26. The van der Waals surface area contributed by atoms with Crippen LogP contribution in [-0.4, -0.2) is 42.4 Å². The molecule has 23 heavy (non-hydrogen) atoms. The normalized spacial score (nSPS) is 30.3. The van der Waals surface area contributed by atoms with Gasteiger partial charge in [-0.2, -0.15) is 0 Å². The highest BCUT2D eigenvalue weighted by Crippen LogP contribution is 2.40. The van der Waals surface area contributed by atoms with Crippen LogP contribution in [0.3, 0.4) is 0 Å². The van der Waals surface area contributed by atoms with Crippen molar-refractivity contribution >= 4 is 17.6 Å². The summed E-state index contributed by atoms with van der Waals surface area (Å²) in [6.07, 6.45) is 2.43. The Kier molecular flexibility index (Phi) is 3.23. The van der Waals surface area contributed by atoms with Crippen molar-refractivity contribution in [3.8, 4) is 11.5 Å². The lowest BCUT2D eigenvalue weighted by molar-refractivity contribution is -0.145. The lowest BCUT2D eigenvalue weighted by atomic mass is 9.82. The van der Waals surface area contributed by atoms with Gasteiger partial charge in [0, 0.05) is 11.8 Å². The highest BCUT2D eigenvalue weighted by atomic mass is 16.6. The second-order valence-corrected chi connectivity index (χ2v) is 5.69. The number of fused-ring (bicyclic) bond motifs is 3. The van der Waals surface area contributed by atoms with Crippen molar-refractivity contribution in [2.75, 3.05) is 18.5 Å². The zero-order valence-corrected chi connectivity index (χ0v) is 12.1. The summed E-state index contributed by atoms with van der Waals surface area (Å²) in [7, 11) is 0. The lowest BCUT2D eigenvalue weighted by Gasteiger charge is -2.22. The molecule has 0 unspecified atom stereocenters. The number of carboxylic acids is 1. The summed E-state index contributed by atoms with van der Waals surface area (Å²) in [4.78, 5) is 23.9. The number of ether oxygens (including phenoxy) is 3. The van der Waals surface area contributed by atoms with E-state index in [4.69, 9.17) is 14.2 Å². The predicted octanol–water partition coefficient (Wildman–Crippen LogP) is 1.05. The molecule has 3 heterocycles. The molecule has 1 aromatic rings. The van der Waals surface area contributed by atoms with Crippen LogP contribution in [0.25, 0.3) is 0 Å². The Hall–Kier alpha value is -2.54. The van der Waals surface area contributed by atoms with Crippen molar-refractivity contribution in [3.05, 3.63) is 30.4 Å². The van der Waals surface area contributed by atoms with E-state index in [0.717, 1.165) is 0 Å². The number of carbonyl (C=O) groups excluding carboxylic acids is 1. The molecular formula is C16H15NO6. The van der Waals surface area contributed by atoms with E-state index in [1.54, 1.807) is 30.4 Å². The molecule has 2 bridgehead atoms. The molecule has 0 saturated carbocycles.